The maximum Gasteiger partial charge on any atom is 0.232 e. The number of hydrogen-bond acceptors (Lipinski definition) is 3. The van der Waals surface area contributed by atoms with Crippen molar-refractivity contribution in [2.24, 2.45) is 0 Å². The van der Waals surface area contributed by atoms with Gasteiger partial charge in [0.15, 0.2) is 0 Å². The molecule has 6 heteroatoms. The number of amides is 1. The van der Waals surface area contributed by atoms with Gasteiger partial charge in [0.2, 0.25) is 15.9 Å². The Morgan fingerprint density at radius 3 is 2.28 bits per heavy atom. The van der Waals surface area contributed by atoms with Crippen LogP contribution in [0.4, 0.5) is 11.4 Å². The molecule has 0 aliphatic rings. The Labute approximate surface area is 149 Å². The molecular weight excluding hydrogens is 336 g/mol. The van der Waals surface area contributed by atoms with Gasteiger partial charge in [-0.1, -0.05) is 29.8 Å². The Morgan fingerprint density at radius 1 is 1.04 bits per heavy atom. The first-order valence-corrected chi connectivity index (χ1v) is 9.94. The Hall–Kier alpha value is -2.34. The summed E-state index contributed by atoms with van der Waals surface area (Å²) in [6.07, 6.45) is 1.24. The Bertz CT molecular complexity index is 859. The summed E-state index contributed by atoms with van der Waals surface area (Å²) < 4.78 is 25.7. The third-order valence-corrected chi connectivity index (χ3v) is 5.30. The fourth-order valence-electron chi connectivity index (χ4n) is 2.53. The van der Waals surface area contributed by atoms with E-state index < -0.39 is 10.0 Å². The van der Waals surface area contributed by atoms with Crippen molar-refractivity contribution in [2.75, 3.05) is 22.4 Å². The Kier molecular flexibility index (Phi) is 5.85. The van der Waals surface area contributed by atoms with Crippen LogP contribution in [0.1, 0.15) is 23.1 Å². The first kappa shape index (κ1) is 19.0. The first-order valence-electron chi connectivity index (χ1n) is 8.09. The van der Waals surface area contributed by atoms with E-state index in [1.165, 1.54) is 4.31 Å². The van der Waals surface area contributed by atoms with Crippen LogP contribution >= 0.6 is 0 Å². The van der Waals surface area contributed by atoms with Crippen molar-refractivity contribution < 1.29 is 13.2 Å². The molecule has 0 unspecified atom stereocenters. The average Bonchev–Trinajstić information content (AvgIpc) is 2.52. The smallest absolute Gasteiger partial charge is 0.232 e. The molecule has 0 aliphatic carbocycles. The number of benzene rings is 2. The molecule has 5 nitrogen and oxygen atoms in total. The maximum atomic E-state index is 12.2. The van der Waals surface area contributed by atoms with Crippen molar-refractivity contribution in [3.63, 3.8) is 0 Å². The van der Waals surface area contributed by atoms with E-state index >= 15 is 0 Å². The molecule has 0 aliphatic heterocycles. The largest absolute Gasteiger partial charge is 0.326 e. The van der Waals surface area contributed by atoms with Gasteiger partial charge in [-0.05, 0) is 50.1 Å². The van der Waals surface area contributed by atoms with E-state index in [1.807, 2.05) is 57.2 Å². The van der Waals surface area contributed by atoms with Gasteiger partial charge in [-0.2, -0.15) is 0 Å². The maximum absolute atomic E-state index is 12.2. The van der Waals surface area contributed by atoms with E-state index in [2.05, 4.69) is 5.32 Å². The molecule has 1 N–H and O–H groups in total. The molecule has 0 fully saturated rings. The van der Waals surface area contributed by atoms with E-state index in [-0.39, 0.29) is 18.9 Å². The van der Waals surface area contributed by atoms with E-state index in [4.69, 9.17) is 0 Å². The minimum absolute atomic E-state index is 0.0777. The zero-order valence-electron chi connectivity index (χ0n) is 15.0. The van der Waals surface area contributed by atoms with Crippen LogP contribution in [0.25, 0.3) is 0 Å². The molecule has 1 amide bonds. The quantitative estimate of drug-likeness (QED) is 0.858. The molecule has 0 saturated carbocycles. The van der Waals surface area contributed by atoms with Gasteiger partial charge >= 0.3 is 0 Å². The van der Waals surface area contributed by atoms with E-state index in [0.29, 0.717) is 11.4 Å². The van der Waals surface area contributed by atoms with Crippen molar-refractivity contribution in [3.05, 3.63) is 59.2 Å². The summed E-state index contributed by atoms with van der Waals surface area (Å²) in [6, 6.07) is 13.0. The molecule has 25 heavy (non-hydrogen) atoms. The van der Waals surface area contributed by atoms with Gasteiger partial charge in [0.05, 0.1) is 11.9 Å². The van der Waals surface area contributed by atoms with Crippen LogP contribution in [0.15, 0.2) is 42.5 Å². The highest BCUT2D eigenvalue weighted by atomic mass is 32.2. The van der Waals surface area contributed by atoms with Crippen LogP contribution < -0.4 is 9.62 Å². The highest BCUT2D eigenvalue weighted by Gasteiger charge is 2.20. The van der Waals surface area contributed by atoms with E-state index in [0.717, 1.165) is 22.9 Å². The number of carbonyl (C=O) groups excluding carboxylic acids is 1. The average molecular weight is 360 g/mol. The topological polar surface area (TPSA) is 66.5 Å². The van der Waals surface area contributed by atoms with Crippen LogP contribution in [0.2, 0.25) is 0 Å². The lowest BCUT2D eigenvalue weighted by Crippen LogP contribution is -2.33. The molecule has 0 radical (unpaired) electrons. The third kappa shape index (κ3) is 5.06. The van der Waals surface area contributed by atoms with Crippen LogP contribution in [-0.2, 0) is 14.8 Å². The number of nitrogens with one attached hydrogen (secondary N) is 1. The fourth-order valence-corrected chi connectivity index (χ4v) is 3.51. The van der Waals surface area contributed by atoms with Gasteiger partial charge in [0, 0.05) is 18.7 Å². The summed E-state index contributed by atoms with van der Waals surface area (Å²) in [5, 5.41) is 2.79. The third-order valence-electron chi connectivity index (χ3n) is 4.12. The summed E-state index contributed by atoms with van der Waals surface area (Å²) in [7, 11) is -3.48. The normalized spacial score (nSPS) is 11.2. The van der Waals surface area contributed by atoms with Gasteiger partial charge in [0.1, 0.15) is 0 Å². The monoisotopic (exact) mass is 360 g/mol. The second-order valence-electron chi connectivity index (χ2n) is 6.22. The minimum atomic E-state index is -3.48. The summed E-state index contributed by atoms with van der Waals surface area (Å²) in [5.41, 5.74) is 4.33. The molecular formula is C19H24N2O3S. The zero-order valence-corrected chi connectivity index (χ0v) is 15.9. The van der Waals surface area contributed by atoms with Gasteiger partial charge in [0.25, 0.3) is 0 Å². The van der Waals surface area contributed by atoms with Gasteiger partial charge < -0.3 is 5.32 Å². The van der Waals surface area contributed by atoms with Crippen molar-refractivity contribution in [1.82, 2.24) is 0 Å². The summed E-state index contributed by atoms with van der Waals surface area (Å²) in [6.45, 7) is 5.89. The number of carbonyl (C=O) groups is 1. The fraction of sp³-hybridized carbons (Fsp3) is 0.316. The molecule has 2 rings (SSSR count). The van der Waals surface area contributed by atoms with Gasteiger partial charge in [-0.25, -0.2) is 8.42 Å². The standard InChI is InChI=1S/C19H24N2O3S/c1-14-8-10-17(11-9-14)20-19(22)12-13-21(25(4,23)24)18-7-5-6-15(2)16(18)3/h5-11H,12-13H2,1-4H3,(H,20,22). The predicted molar refractivity (Wildman–Crippen MR) is 103 cm³/mol. The lowest BCUT2D eigenvalue weighted by molar-refractivity contribution is -0.116. The van der Waals surface area contributed by atoms with Crippen molar-refractivity contribution in [2.45, 2.75) is 27.2 Å². The van der Waals surface area contributed by atoms with Gasteiger partial charge in [-0.15, -0.1) is 0 Å². The summed E-state index contributed by atoms with van der Waals surface area (Å²) in [5.74, 6) is -0.220. The van der Waals surface area contributed by atoms with Crippen molar-refractivity contribution in [3.8, 4) is 0 Å². The van der Waals surface area contributed by atoms with E-state index in [9.17, 15) is 13.2 Å². The second-order valence-corrected chi connectivity index (χ2v) is 8.13. The zero-order chi connectivity index (χ0) is 18.6. The predicted octanol–water partition coefficient (Wildman–Crippen LogP) is 3.41. The molecule has 0 spiro atoms. The lowest BCUT2D eigenvalue weighted by Gasteiger charge is -2.24. The number of anilines is 2. The number of sulfonamides is 1. The lowest BCUT2D eigenvalue weighted by atomic mass is 10.1. The van der Waals surface area contributed by atoms with Gasteiger partial charge in [-0.3, -0.25) is 9.10 Å². The van der Waals surface area contributed by atoms with Crippen molar-refractivity contribution >= 4 is 27.3 Å². The Balaban J connectivity index is 2.12. The summed E-state index contributed by atoms with van der Waals surface area (Å²) >= 11 is 0. The number of hydrogen-bond donors (Lipinski definition) is 1. The highest BCUT2D eigenvalue weighted by molar-refractivity contribution is 7.92. The molecule has 0 heterocycles. The molecule has 2 aromatic carbocycles. The number of rotatable bonds is 6. The molecule has 0 bridgehead atoms. The van der Waals surface area contributed by atoms with E-state index in [1.54, 1.807) is 6.07 Å². The minimum Gasteiger partial charge on any atom is -0.326 e. The second kappa shape index (κ2) is 7.70. The summed E-state index contributed by atoms with van der Waals surface area (Å²) in [4.78, 5) is 12.2. The Morgan fingerprint density at radius 2 is 1.68 bits per heavy atom. The SMILES string of the molecule is Cc1ccc(NC(=O)CCN(c2cccc(C)c2C)S(C)(=O)=O)cc1. The van der Waals surface area contributed by atoms with Crippen LogP contribution in [0.3, 0.4) is 0 Å². The molecule has 0 saturated heterocycles. The first-order chi connectivity index (χ1) is 11.7. The van der Waals surface area contributed by atoms with Crippen molar-refractivity contribution in [1.29, 1.82) is 0 Å². The molecule has 0 atom stereocenters. The molecule has 0 aromatic heterocycles. The molecule has 134 valence electrons. The van der Waals surface area contributed by atoms with Crippen LogP contribution in [0, 0.1) is 20.8 Å². The molecule has 2 aromatic rings. The van der Waals surface area contributed by atoms with Crippen LogP contribution in [-0.4, -0.2) is 27.1 Å². The highest BCUT2D eigenvalue weighted by Crippen LogP contribution is 2.25. The number of aryl methyl sites for hydroxylation is 2. The van der Waals surface area contributed by atoms with Crippen LogP contribution in [0.5, 0.6) is 0 Å². The number of nitrogens with zero attached hydrogens (tertiary/aromatic N) is 1.